The van der Waals surface area contributed by atoms with Gasteiger partial charge >= 0.3 is 0 Å². The average Bonchev–Trinajstić information content (AvgIpc) is 3.28. The number of thiophene rings is 1. The monoisotopic (exact) mass is 390 g/mol. The molecule has 1 amide bonds. The molecule has 0 bridgehead atoms. The minimum Gasteiger partial charge on any atom is -0.356 e. The molecular formula is C17H19ClN6OS. The van der Waals surface area contributed by atoms with Crippen LogP contribution < -0.4 is 16.0 Å². The van der Waals surface area contributed by atoms with Gasteiger partial charge in [-0.25, -0.2) is 9.97 Å². The Morgan fingerprint density at radius 1 is 1.35 bits per heavy atom. The summed E-state index contributed by atoms with van der Waals surface area (Å²) in [4.78, 5) is 27.5. The van der Waals surface area contributed by atoms with E-state index in [-0.39, 0.29) is 5.91 Å². The van der Waals surface area contributed by atoms with Crippen LogP contribution in [-0.4, -0.2) is 39.5 Å². The summed E-state index contributed by atoms with van der Waals surface area (Å²) in [5, 5.41) is 3.92. The van der Waals surface area contributed by atoms with Gasteiger partial charge in [0.1, 0.15) is 17.8 Å². The van der Waals surface area contributed by atoms with Gasteiger partial charge in [-0.1, -0.05) is 11.6 Å². The number of carbonyl (C=O) groups is 1. The van der Waals surface area contributed by atoms with Gasteiger partial charge in [0.25, 0.3) is 0 Å². The first-order valence-corrected chi connectivity index (χ1v) is 9.59. The number of halogens is 1. The molecule has 0 atom stereocenters. The lowest BCUT2D eigenvalue weighted by Gasteiger charge is -2.38. The van der Waals surface area contributed by atoms with E-state index < -0.39 is 5.54 Å². The Morgan fingerprint density at radius 3 is 2.88 bits per heavy atom. The summed E-state index contributed by atoms with van der Waals surface area (Å²) < 4.78 is 0.714. The van der Waals surface area contributed by atoms with Crippen LogP contribution in [0.4, 0.5) is 5.82 Å². The third-order valence-corrected chi connectivity index (χ3v) is 6.02. The van der Waals surface area contributed by atoms with Crippen molar-refractivity contribution in [2.75, 3.05) is 18.0 Å². The van der Waals surface area contributed by atoms with Crippen molar-refractivity contribution in [2.45, 2.75) is 24.9 Å². The molecule has 0 unspecified atom stereocenters. The van der Waals surface area contributed by atoms with E-state index in [0.717, 1.165) is 21.7 Å². The fourth-order valence-electron chi connectivity index (χ4n) is 3.25. The SMILES string of the molecule is NC1(C(=O)NCc2ccc(Cl)s2)CCN(c2ncnc3[nH]ccc23)CC1. The highest BCUT2D eigenvalue weighted by molar-refractivity contribution is 7.16. The zero-order valence-electron chi connectivity index (χ0n) is 14.0. The number of fused-ring (bicyclic) bond motifs is 1. The number of rotatable bonds is 4. The van der Waals surface area contributed by atoms with Crippen molar-refractivity contribution in [1.29, 1.82) is 0 Å². The number of amides is 1. The van der Waals surface area contributed by atoms with E-state index in [0.29, 0.717) is 36.8 Å². The molecule has 3 aromatic heterocycles. The fraction of sp³-hybridized carbons (Fsp3) is 0.353. The zero-order valence-corrected chi connectivity index (χ0v) is 15.6. The minimum absolute atomic E-state index is 0.115. The van der Waals surface area contributed by atoms with Gasteiger partial charge in [-0.05, 0) is 31.0 Å². The molecule has 0 aromatic carbocycles. The van der Waals surface area contributed by atoms with Gasteiger partial charge in [0, 0.05) is 24.2 Å². The van der Waals surface area contributed by atoms with Crippen LogP contribution in [-0.2, 0) is 11.3 Å². The van der Waals surface area contributed by atoms with Crippen molar-refractivity contribution < 1.29 is 4.79 Å². The lowest BCUT2D eigenvalue weighted by Crippen LogP contribution is -2.59. The minimum atomic E-state index is -0.859. The summed E-state index contributed by atoms with van der Waals surface area (Å²) >= 11 is 7.38. The van der Waals surface area contributed by atoms with E-state index in [2.05, 4.69) is 25.2 Å². The van der Waals surface area contributed by atoms with E-state index in [4.69, 9.17) is 17.3 Å². The fourth-order valence-corrected chi connectivity index (χ4v) is 4.27. The molecule has 9 heteroatoms. The molecule has 26 heavy (non-hydrogen) atoms. The highest BCUT2D eigenvalue weighted by Crippen LogP contribution is 2.28. The third-order valence-electron chi connectivity index (χ3n) is 4.79. The molecule has 1 aliphatic rings. The van der Waals surface area contributed by atoms with Crippen LogP contribution >= 0.6 is 22.9 Å². The quantitative estimate of drug-likeness (QED) is 0.634. The summed E-state index contributed by atoms with van der Waals surface area (Å²) in [5.74, 6) is 0.767. The van der Waals surface area contributed by atoms with Gasteiger partial charge in [-0.3, -0.25) is 4.79 Å². The van der Waals surface area contributed by atoms with Crippen LogP contribution in [0.3, 0.4) is 0 Å². The summed E-state index contributed by atoms with van der Waals surface area (Å²) in [6.45, 7) is 1.80. The molecule has 3 aromatic rings. The first kappa shape index (κ1) is 17.3. The highest BCUT2D eigenvalue weighted by atomic mass is 35.5. The number of nitrogens with one attached hydrogen (secondary N) is 2. The van der Waals surface area contributed by atoms with Crippen molar-refractivity contribution in [3.05, 3.63) is 39.9 Å². The molecule has 4 heterocycles. The molecule has 0 radical (unpaired) electrons. The van der Waals surface area contributed by atoms with Crippen molar-refractivity contribution in [3.8, 4) is 0 Å². The summed E-state index contributed by atoms with van der Waals surface area (Å²) in [7, 11) is 0. The Hall–Kier alpha value is -2.16. The summed E-state index contributed by atoms with van der Waals surface area (Å²) in [5.41, 5.74) is 6.36. The average molecular weight is 391 g/mol. The van der Waals surface area contributed by atoms with E-state index >= 15 is 0 Å². The lowest BCUT2D eigenvalue weighted by molar-refractivity contribution is -0.127. The molecule has 4 N–H and O–H groups in total. The highest BCUT2D eigenvalue weighted by Gasteiger charge is 2.38. The number of hydrogen-bond acceptors (Lipinski definition) is 6. The number of carbonyl (C=O) groups excluding carboxylic acids is 1. The number of anilines is 1. The second kappa shape index (κ2) is 6.86. The topological polar surface area (TPSA) is 99.9 Å². The first-order valence-electron chi connectivity index (χ1n) is 8.40. The smallest absolute Gasteiger partial charge is 0.240 e. The van der Waals surface area contributed by atoms with Crippen LogP contribution in [0.25, 0.3) is 11.0 Å². The predicted octanol–water partition coefficient (Wildman–Crippen LogP) is 2.29. The molecule has 1 fully saturated rings. The zero-order chi connectivity index (χ0) is 18.1. The van der Waals surface area contributed by atoms with Gasteiger partial charge in [0.05, 0.1) is 21.8 Å². The van der Waals surface area contributed by atoms with E-state index in [1.165, 1.54) is 11.3 Å². The van der Waals surface area contributed by atoms with Gasteiger partial charge in [0.15, 0.2) is 0 Å². The number of hydrogen-bond donors (Lipinski definition) is 3. The van der Waals surface area contributed by atoms with Crippen molar-refractivity contribution >= 4 is 45.7 Å². The number of aromatic amines is 1. The number of nitrogens with zero attached hydrogens (tertiary/aromatic N) is 3. The van der Waals surface area contributed by atoms with Crippen LogP contribution in [0.15, 0.2) is 30.7 Å². The van der Waals surface area contributed by atoms with Crippen LogP contribution in [0, 0.1) is 0 Å². The Bertz CT molecular complexity index is 930. The van der Waals surface area contributed by atoms with Gasteiger partial charge in [-0.2, -0.15) is 0 Å². The maximum absolute atomic E-state index is 12.6. The number of piperidine rings is 1. The van der Waals surface area contributed by atoms with Crippen LogP contribution in [0.1, 0.15) is 17.7 Å². The van der Waals surface area contributed by atoms with E-state index in [9.17, 15) is 4.79 Å². The standard InChI is InChI=1S/C17H19ClN6OS/c18-13-2-1-11(26-13)9-21-16(25)17(19)4-7-24(8-5-17)15-12-3-6-20-14(12)22-10-23-15/h1-3,6,10H,4-5,7-9,19H2,(H,21,25)(H,20,22,23). The molecule has 0 saturated carbocycles. The molecular weight excluding hydrogens is 372 g/mol. The normalized spacial score (nSPS) is 16.8. The van der Waals surface area contributed by atoms with Gasteiger partial charge in [0.2, 0.25) is 5.91 Å². The van der Waals surface area contributed by atoms with E-state index in [1.807, 2.05) is 24.4 Å². The largest absolute Gasteiger partial charge is 0.356 e. The molecule has 0 spiro atoms. The molecule has 0 aliphatic carbocycles. The van der Waals surface area contributed by atoms with Crippen molar-refractivity contribution in [3.63, 3.8) is 0 Å². The Labute approximate surface area is 159 Å². The maximum Gasteiger partial charge on any atom is 0.240 e. The van der Waals surface area contributed by atoms with Crippen LogP contribution in [0.5, 0.6) is 0 Å². The second-order valence-electron chi connectivity index (χ2n) is 6.47. The molecule has 136 valence electrons. The molecule has 4 rings (SSSR count). The Kier molecular flexibility index (Phi) is 4.56. The predicted molar refractivity (Wildman–Crippen MR) is 103 cm³/mol. The van der Waals surface area contributed by atoms with Crippen molar-refractivity contribution in [1.82, 2.24) is 20.3 Å². The lowest BCUT2D eigenvalue weighted by atomic mass is 9.87. The molecule has 7 nitrogen and oxygen atoms in total. The van der Waals surface area contributed by atoms with E-state index in [1.54, 1.807) is 6.33 Å². The maximum atomic E-state index is 12.6. The Morgan fingerprint density at radius 2 is 2.15 bits per heavy atom. The molecule has 1 aliphatic heterocycles. The number of aromatic nitrogens is 3. The van der Waals surface area contributed by atoms with Crippen molar-refractivity contribution in [2.24, 2.45) is 5.73 Å². The summed E-state index contributed by atoms with van der Waals surface area (Å²) in [6, 6.07) is 5.71. The molecule has 1 saturated heterocycles. The van der Waals surface area contributed by atoms with Gasteiger partial charge in [-0.15, -0.1) is 11.3 Å². The summed E-state index contributed by atoms with van der Waals surface area (Å²) in [6.07, 6.45) is 4.54. The number of nitrogens with two attached hydrogens (primary N) is 1. The first-order chi connectivity index (χ1) is 12.5. The third kappa shape index (κ3) is 3.27. The Balaban J connectivity index is 1.40. The van der Waals surface area contributed by atoms with Crippen LogP contribution in [0.2, 0.25) is 4.34 Å². The second-order valence-corrected chi connectivity index (χ2v) is 8.27. The van der Waals surface area contributed by atoms with Gasteiger partial charge < -0.3 is 20.9 Å². The number of H-pyrrole nitrogens is 1.